The van der Waals surface area contributed by atoms with Gasteiger partial charge in [-0.05, 0) is 56.4 Å². The summed E-state index contributed by atoms with van der Waals surface area (Å²) in [6, 6.07) is 5.18. The normalized spacial score (nSPS) is 16.8. The van der Waals surface area contributed by atoms with Gasteiger partial charge in [0.05, 0.1) is 4.90 Å². The predicted molar refractivity (Wildman–Crippen MR) is 101 cm³/mol. The average Bonchev–Trinajstić information content (AvgIpc) is 3.08. The van der Waals surface area contributed by atoms with Crippen LogP contribution in [0.4, 0.5) is 0 Å². The minimum Gasteiger partial charge on any atom is -0.355 e. The first-order chi connectivity index (χ1) is 11.8. The first-order valence-corrected chi connectivity index (χ1v) is 10.9. The van der Waals surface area contributed by atoms with Gasteiger partial charge in [0.2, 0.25) is 5.91 Å². The standard InChI is InChI=1S/C20H31NO3S/c1-4-5-6-9-14-21-19(22)20(12-7-8-13-20)25(23,24)18-11-10-16(2)17(3)15-18/h10-11,15H,4-9,12-14H2,1-3H3,(H,21,22). The van der Waals surface area contributed by atoms with Gasteiger partial charge in [0.15, 0.2) is 14.6 Å². The molecule has 0 radical (unpaired) electrons. The Kier molecular flexibility index (Phi) is 6.66. The van der Waals surface area contributed by atoms with Crippen LogP contribution in [0.25, 0.3) is 0 Å². The molecule has 0 aliphatic heterocycles. The van der Waals surface area contributed by atoms with Crippen molar-refractivity contribution in [2.24, 2.45) is 0 Å². The van der Waals surface area contributed by atoms with E-state index in [0.29, 0.717) is 19.4 Å². The average molecular weight is 366 g/mol. The molecule has 0 spiro atoms. The van der Waals surface area contributed by atoms with Gasteiger partial charge in [-0.15, -0.1) is 0 Å². The molecule has 0 bridgehead atoms. The van der Waals surface area contributed by atoms with E-state index >= 15 is 0 Å². The van der Waals surface area contributed by atoms with Crippen LogP contribution in [-0.4, -0.2) is 25.6 Å². The summed E-state index contributed by atoms with van der Waals surface area (Å²) in [4.78, 5) is 13.2. The van der Waals surface area contributed by atoms with Gasteiger partial charge in [-0.3, -0.25) is 4.79 Å². The summed E-state index contributed by atoms with van der Waals surface area (Å²) in [6.45, 7) is 6.56. The zero-order valence-corrected chi connectivity index (χ0v) is 16.5. The topological polar surface area (TPSA) is 63.2 Å². The summed E-state index contributed by atoms with van der Waals surface area (Å²) in [6.07, 6.45) is 6.65. The Hall–Kier alpha value is -1.36. The zero-order valence-electron chi connectivity index (χ0n) is 15.7. The number of nitrogens with one attached hydrogen (secondary N) is 1. The highest BCUT2D eigenvalue weighted by atomic mass is 32.2. The molecule has 4 nitrogen and oxygen atoms in total. The fourth-order valence-electron chi connectivity index (χ4n) is 3.59. The maximum absolute atomic E-state index is 13.3. The first-order valence-electron chi connectivity index (χ1n) is 9.45. The van der Waals surface area contributed by atoms with Gasteiger partial charge in [-0.25, -0.2) is 8.42 Å². The van der Waals surface area contributed by atoms with Crippen LogP contribution >= 0.6 is 0 Å². The van der Waals surface area contributed by atoms with Crippen LogP contribution in [0.15, 0.2) is 23.1 Å². The quantitative estimate of drug-likeness (QED) is 0.706. The van der Waals surface area contributed by atoms with Gasteiger partial charge in [-0.1, -0.05) is 45.1 Å². The number of benzene rings is 1. The second-order valence-electron chi connectivity index (χ2n) is 7.27. The monoisotopic (exact) mass is 365 g/mol. The molecule has 0 heterocycles. The highest BCUT2D eigenvalue weighted by molar-refractivity contribution is 7.93. The molecule has 1 aliphatic carbocycles. The summed E-state index contributed by atoms with van der Waals surface area (Å²) in [7, 11) is -3.70. The molecule has 5 heteroatoms. The van der Waals surface area contributed by atoms with Gasteiger partial charge in [-0.2, -0.15) is 0 Å². The number of aryl methyl sites for hydroxylation is 2. The third-order valence-corrected chi connectivity index (χ3v) is 7.94. The lowest BCUT2D eigenvalue weighted by Crippen LogP contribution is -2.50. The van der Waals surface area contributed by atoms with Gasteiger partial charge >= 0.3 is 0 Å². The van der Waals surface area contributed by atoms with Crippen LogP contribution in [0.1, 0.15) is 69.4 Å². The summed E-state index contributed by atoms with van der Waals surface area (Å²) in [5, 5.41) is 2.91. The van der Waals surface area contributed by atoms with E-state index in [0.717, 1.165) is 49.7 Å². The summed E-state index contributed by atoms with van der Waals surface area (Å²) >= 11 is 0. The molecule has 1 amide bonds. The van der Waals surface area contributed by atoms with Crippen molar-refractivity contribution < 1.29 is 13.2 Å². The highest BCUT2D eigenvalue weighted by Crippen LogP contribution is 2.41. The number of unbranched alkanes of at least 4 members (excludes halogenated alkanes) is 3. The third kappa shape index (κ3) is 4.08. The Morgan fingerprint density at radius 2 is 1.76 bits per heavy atom. The maximum Gasteiger partial charge on any atom is 0.241 e. The Morgan fingerprint density at radius 1 is 1.08 bits per heavy atom. The van der Waals surface area contributed by atoms with Crippen LogP contribution in [0.5, 0.6) is 0 Å². The molecule has 2 rings (SSSR count). The second kappa shape index (κ2) is 8.35. The Labute approximate surface area is 152 Å². The van der Waals surface area contributed by atoms with Crippen molar-refractivity contribution >= 4 is 15.7 Å². The van der Waals surface area contributed by atoms with Crippen LogP contribution in [0.3, 0.4) is 0 Å². The van der Waals surface area contributed by atoms with E-state index in [9.17, 15) is 13.2 Å². The van der Waals surface area contributed by atoms with E-state index in [1.807, 2.05) is 19.9 Å². The van der Waals surface area contributed by atoms with Gasteiger partial charge < -0.3 is 5.32 Å². The molecule has 1 aliphatic rings. The number of carbonyl (C=O) groups is 1. The molecule has 1 N–H and O–H groups in total. The smallest absolute Gasteiger partial charge is 0.241 e. The summed E-state index contributed by atoms with van der Waals surface area (Å²) in [5.41, 5.74) is 1.99. The molecule has 0 saturated heterocycles. The fraction of sp³-hybridized carbons (Fsp3) is 0.650. The molecule has 140 valence electrons. The van der Waals surface area contributed by atoms with Crippen molar-refractivity contribution in [2.45, 2.75) is 81.8 Å². The van der Waals surface area contributed by atoms with Crippen LogP contribution in [0.2, 0.25) is 0 Å². The molecule has 25 heavy (non-hydrogen) atoms. The van der Waals surface area contributed by atoms with E-state index < -0.39 is 14.6 Å². The molecular formula is C20H31NO3S. The van der Waals surface area contributed by atoms with E-state index in [4.69, 9.17) is 0 Å². The number of amides is 1. The SMILES string of the molecule is CCCCCCNC(=O)C1(S(=O)(=O)c2ccc(C)c(C)c2)CCCC1. The number of hydrogen-bond acceptors (Lipinski definition) is 3. The van der Waals surface area contributed by atoms with Crippen molar-refractivity contribution in [2.75, 3.05) is 6.54 Å². The summed E-state index contributed by atoms with van der Waals surface area (Å²) in [5.74, 6) is -0.306. The van der Waals surface area contributed by atoms with E-state index in [1.165, 1.54) is 0 Å². The Morgan fingerprint density at radius 3 is 2.36 bits per heavy atom. The van der Waals surface area contributed by atoms with E-state index in [2.05, 4.69) is 12.2 Å². The van der Waals surface area contributed by atoms with E-state index in [-0.39, 0.29) is 10.8 Å². The van der Waals surface area contributed by atoms with Gasteiger partial charge in [0.25, 0.3) is 0 Å². The second-order valence-corrected chi connectivity index (χ2v) is 9.53. The van der Waals surface area contributed by atoms with Crippen molar-refractivity contribution in [3.63, 3.8) is 0 Å². The van der Waals surface area contributed by atoms with Gasteiger partial charge in [0, 0.05) is 6.54 Å². The lowest BCUT2D eigenvalue weighted by Gasteiger charge is -2.28. The number of carbonyl (C=O) groups excluding carboxylic acids is 1. The maximum atomic E-state index is 13.3. The molecule has 0 unspecified atom stereocenters. The molecule has 0 aromatic heterocycles. The minimum atomic E-state index is -3.70. The number of rotatable bonds is 8. The molecule has 1 saturated carbocycles. The lowest BCUT2D eigenvalue weighted by molar-refractivity contribution is -0.123. The van der Waals surface area contributed by atoms with Crippen molar-refractivity contribution in [3.05, 3.63) is 29.3 Å². The van der Waals surface area contributed by atoms with Crippen LogP contribution in [-0.2, 0) is 14.6 Å². The van der Waals surface area contributed by atoms with Gasteiger partial charge in [0.1, 0.15) is 0 Å². The van der Waals surface area contributed by atoms with E-state index in [1.54, 1.807) is 12.1 Å². The molecule has 1 aromatic rings. The minimum absolute atomic E-state index is 0.277. The Bertz CT molecular complexity index is 704. The molecule has 1 fully saturated rings. The highest BCUT2D eigenvalue weighted by Gasteiger charge is 2.52. The molecule has 0 atom stereocenters. The van der Waals surface area contributed by atoms with Crippen molar-refractivity contribution in [1.29, 1.82) is 0 Å². The first kappa shape index (κ1) is 20.0. The largest absolute Gasteiger partial charge is 0.355 e. The Balaban J connectivity index is 2.22. The van der Waals surface area contributed by atoms with Crippen molar-refractivity contribution in [1.82, 2.24) is 5.32 Å². The summed E-state index contributed by atoms with van der Waals surface area (Å²) < 4.78 is 25.4. The predicted octanol–water partition coefficient (Wildman–Crippen LogP) is 4.09. The zero-order chi connectivity index (χ0) is 18.5. The lowest BCUT2D eigenvalue weighted by atomic mass is 10.1. The fourth-order valence-corrected chi connectivity index (χ4v) is 5.76. The number of hydrogen-bond donors (Lipinski definition) is 1. The molecule has 1 aromatic carbocycles. The van der Waals surface area contributed by atoms with Crippen molar-refractivity contribution in [3.8, 4) is 0 Å². The number of sulfone groups is 1. The third-order valence-electron chi connectivity index (χ3n) is 5.44. The molecular weight excluding hydrogens is 334 g/mol. The van der Waals surface area contributed by atoms with Crippen LogP contribution in [0, 0.1) is 13.8 Å². The van der Waals surface area contributed by atoms with Crippen LogP contribution < -0.4 is 5.32 Å².